The van der Waals surface area contributed by atoms with Crippen molar-refractivity contribution in [1.82, 2.24) is 15.6 Å². The zero-order chi connectivity index (χ0) is 13.8. The van der Waals surface area contributed by atoms with Crippen LogP contribution in [0.3, 0.4) is 0 Å². The summed E-state index contributed by atoms with van der Waals surface area (Å²) in [6.07, 6.45) is 6.68. The molecule has 2 N–H and O–H groups in total. The van der Waals surface area contributed by atoms with Gasteiger partial charge in [0, 0.05) is 37.5 Å². The number of amides is 2. The van der Waals surface area contributed by atoms with Crippen molar-refractivity contribution < 1.29 is 9.53 Å². The van der Waals surface area contributed by atoms with E-state index in [4.69, 9.17) is 4.74 Å². The maximum absolute atomic E-state index is 11.7. The van der Waals surface area contributed by atoms with E-state index in [9.17, 15) is 4.79 Å². The molecule has 1 saturated heterocycles. The Morgan fingerprint density at radius 3 is 2.85 bits per heavy atom. The van der Waals surface area contributed by atoms with Crippen molar-refractivity contribution in [2.75, 3.05) is 13.2 Å². The summed E-state index contributed by atoms with van der Waals surface area (Å²) < 4.78 is 5.46. The number of ether oxygens (including phenoxy) is 1. The second-order valence-electron chi connectivity index (χ2n) is 5.56. The highest BCUT2D eigenvalue weighted by molar-refractivity contribution is 5.73. The zero-order valence-electron chi connectivity index (χ0n) is 11.6. The van der Waals surface area contributed by atoms with Crippen LogP contribution in [0.15, 0.2) is 18.3 Å². The summed E-state index contributed by atoms with van der Waals surface area (Å²) >= 11 is 0. The SMILES string of the molecule is O=C(NCc1ccc(C2CC2)nc1)NC[C@H]1CCCO1. The molecule has 0 radical (unpaired) electrons. The summed E-state index contributed by atoms with van der Waals surface area (Å²) in [6.45, 7) is 1.91. The molecule has 2 fully saturated rings. The molecule has 5 heteroatoms. The maximum atomic E-state index is 11.7. The van der Waals surface area contributed by atoms with Crippen LogP contribution in [0.4, 0.5) is 4.79 Å². The normalized spacial score (nSPS) is 21.7. The molecule has 1 aliphatic heterocycles. The number of hydrogen-bond donors (Lipinski definition) is 2. The molecule has 3 rings (SSSR count). The van der Waals surface area contributed by atoms with Crippen LogP contribution in [0.25, 0.3) is 0 Å². The highest BCUT2D eigenvalue weighted by Gasteiger charge is 2.24. The zero-order valence-corrected chi connectivity index (χ0v) is 11.6. The molecule has 0 spiro atoms. The van der Waals surface area contributed by atoms with E-state index in [2.05, 4.69) is 21.7 Å². The van der Waals surface area contributed by atoms with Gasteiger partial charge in [-0.3, -0.25) is 4.98 Å². The number of hydrogen-bond acceptors (Lipinski definition) is 3. The number of aromatic nitrogens is 1. The Hall–Kier alpha value is -1.62. The summed E-state index contributed by atoms with van der Waals surface area (Å²) in [7, 11) is 0. The van der Waals surface area contributed by atoms with Gasteiger partial charge in [-0.1, -0.05) is 6.07 Å². The standard InChI is InChI=1S/C15H21N3O2/c19-15(18-10-13-2-1-7-20-13)17-9-11-3-6-14(16-8-11)12-4-5-12/h3,6,8,12-13H,1-2,4-5,7,9-10H2,(H2,17,18,19)/t13-/m1/s1. The molecule has 20 heavy (non-hydrogen) atoms. The van der Waals surface area contributed by atoms with Crippen molar-refractivity contribution in [2.45, 2.75) is 44.2 Å². The highest BCUT2D eigenvalue weighted by Crippen LogP contribution is 2.38. The first-order valence-electron chi connectivity index (χ1n) is 7.39. The van der Waals surface area contributed by atoms with E-state index in [1.807, 2.05) is 12.3 Å². The van der Waals surface area contributed by atoms with Crippen LogP contribution < -0.4 is 10.6 Å². The monoisotopic (exact) mass is 275 g/mol. The molecule has 1 aromatic heterocycles. The van der Waals surface area contributed by atoms with Gasteiger partial charge in [0.05, 0.1) is 6.10 Å². The van der Waals surface area contributed by atoms with Crippen LogP contribution in [0.5, 0.6) is 0 Å². The molecular formula is C15H21N3O2. The summed E-state index contributed by atoms with van der Waals surface area (Å²) in [5.74, 6) is 0.673. The number of nitrogens with zero attached hydrogens (tertiary/aromatic N) is 1. The smallest absolute Gasteiger partial charge is 0.315 e. The van der Waals surface area contributed by atoms with Crippen molar-refractivity contribution in [2.24, 2.45) is 0 Å². The number of nitrogens with one attached hydrogen (secondary N) is 2. The average molecular weight is 275 g/mol. The van der Waals surface area contributed by atoms with Gasteiger partial charge in [0.2, 0.25) is 0 Å². The Balaban J connectivity index is 1.38. The van der Waals surface area contributed by atoms with Crippen LogP contribution >= 0.6 is 0 Å². The largest absolute Gasteiger partial charge is 0.376 e. The molecule has 0 bridgehead atoms. The van der Waals surface area contributed by atoms with Gasteiger partial charge >= 0.3 is 6.03 Å². The second-order valence-corrected chi connectivity index (χ2v) is 5.56. The van der Waals surface area contributed by atoms with E-state index in [0.29, 0.717) is 19.0 Å². The van der Waals surface area contributed by atoms with Gasteiger partial charge < -0.3 is 15.4 Å². The van der Waals surface area contributed by atoms with Crippen LogP contribution in [-0.4, -0.2) is 30.3 Å². The van der Waals surface area contributed by atoms with Gasteiger partial charge in [-0.15, -0.1) is 0 Å². The molecule has 0 unspecified atom stereocenters. The summed E-state index contributed by atoms with van der Waals surface area (Å²) in [4.78, 5) is 16.1. The fourth-order valence-electron chi connectivity index (χ4n) is 2.42. The third kappa shape index (κ3) is 3.70. The van der Waals surface area contributed by atoms with Crippen molar-refractivity contribution in [1.29, 1.82) is 0 Å². The number of carbonyl (C=O) groups is 1. The van der Waals surface area contributed by atoms with E-state index < -0.39 is 0 Å². The van der Waals surface area contributed by atoms with Crippen LogP contribution in [0.1, 0.15) is 42.9 Å². The minimum Gasteiger partial charge on any atom is -0.376 e. The van der Waals surface area contributed by atoms with Crippen LogP contribution in [-0.2, 0) is 11.3 Å². The predicted molar refractivity (Wildman–Crippen MR) is 75.4 cm³/mol. The van der Waals surface area contributed by atoms with Crippen molar-refractivity contribution in [3.8, 4) is 0 Å². The minimum absolute atomic E-state index is 0.147. The third-order valence-electron chi connectivity index (χ3n) is 3.81. The summed E-state index contributed by atoms with van der Waals surface area (Å²) in [6, 6.07) is 3.96. The third-order valence-corrected chi connectivity index (χ3v) is 3.81. The lowest BCUT2D eigenvalue weighted by atomic mass is 10.2. The molecule has 2 heterocycles. The molecule has 108 valence electrons. The topological polar surface area (TPSA) is 63.2 Å². The van der Waals surface area contributed by atoms with E-state index in [1.165, 1.54) is 18.5 Å². The maximum Gasteiger partial charge on any atom is 0.315 e. The first-order chi connectivity index (χ1) is 9.81. The summed E-state index contributed by atoms with van der Waals surface area (Å²) in [5.41, 5.74) is 2.21. The average Bonchev–Trinajstić information content (AvgIpc) is 3.20. The number of rotatable bonds is 5. The van der Waals surface area contributed by atoms with Gasteiger partial charge in [0.1, 0.15) is 0 Å². The number of carbonyl (C=O) groups excluding carboxylic acids is 1. The number of pyridine rings is 1. The fourth-order valence-corrected chi connectivity index (χ4v) is 2.42. The van der Waals surface area contributed by atoms with Crippen LogP contribution in [0.2, 0.25) is 0 Å². The van der Waals surface area contributed by atoms with E-state index >= 15 is 0 Å². The Morgan fingerprint density at radius 1 is 1.30 bits per heavy atom. The second kappa shape index (κ2) is 6.22. The predicted octanol–water partition coefficient (Wildman–Crippen LogP) is 1.94. The molecule has 1 atom stereocenters. The van der Waals surface area contributed by atoms with Gasteiger partial charge in [-0.25, -0.2) is 4.79 Å². The molecule has 5 nitrogen and oxygen atoms in total. The lowest BCUT2D eigenvalue weighted by Crippen LogP contribution is -2.39. The van der Waals surface area contributed by atoms with Gasteiger partial charge in [-0.05, 0) is 37.3 Å². The first-order valence-corrected chi connectivity index (χ1v) is 7.39. The van der Waals surface area contributed by atoms with E-state index in [1.54, 1.807) is 0 Å². The van der Waals surface area contributed by atoms with Crippen molar-refractivity contribution in [3.05, 3.63) is 29.6 Å². The van der Waals surface area contributed by atoms with Gasteiger partial charge in [0.25, 0.3) is 0 Å². The molecule has 1 aliphatic carbocycles. The lowest BCUT2D eigenvalue weighted by molar-refractivity contribution is 0.111. The van der Waals surface area contributed by atoms with Crippen molar-refractivity contribution >= 4 is 6.03 Å². The van der Waals surface area contributed by atoms with Gasteiger partial charge in [0.15, 0.2) is 0 Å². The van der Waals surface area contributed by atoms with Crippen LogP contribution in [0, 0.1) is 0 Å². The number of urea groups is 1. The lowest BCUT2D eigenvalue weighted by Gasteiger charge is -2.11. The van der Waals surface area contributed by atoms with E-state index in [-0.39, 0.29) is 12.1 Å². The van der Waals surface area contributed by atoms with Gasteiger partial charge in [-0.2, -0.15) is 0 Å². The fraction of sp³-hybridized carbons (Fsp3) is 0.600. The Kier molecular flexibility index (Phi) is 4.16. The first kappa shape index (κ1) is 13.4. The molecule has 0 aromatic carbocycles. The Labute approximate surface area is 119 Å². The highest BCUT2D eigenvalue weighted by atomic mass is 16.5. The quantitative estimate of drug-likeness (QED) is 0.863. The molecule has 1 aromatic rings. The van der Waals surface area contributed by atoms with Crippen molar-refractivity contribution in [3.63, 3.8) is 0 Å². The minimum atomic E-state index is -0.147. The Morgan fingerprint density at radius 2 is 2.20 bits per heavy atom. The summed E-state index contributed by atoms with van der Waals surface area (Å²) in [5, 5.41) is 5.68. The molecular weight excluding hydrogens is 254 g/mol. The molecule has 2 amide bonds. The molecule has 2 aliphatic rings. The Bertz CT molecular complexity index is 451. The molecule has 1 saturated carbocycles. The van der Waals surface area contributed by atoms with E-state index in [0.717, 1.165) is 25.0 Å².